The van der Waals surface area contributed by atoms with E-state index in [9.17, 15) is 18.0 Å². The normalized spacial score (nSPS) is 18.2. The molecule has 1 aliphatic heterocycles. The number of hydrogen-bond acceptors (Lipinski definition) is 4. The molecule has 10 heteroatoms. The lowest BCUT2D eigenvalue weighted by atomic mass is 9.85. The molecule has 0 saturated heterocycles. The second-order valence-electron chi connectivity index (χ2n) is 9.27. The molecular weight excluding hydrogens is 532 g/mol. The van der Waals surface area contributed by atoms with Crippen LogP contribution in [0.1, 0.15) is 41.8 Å². The van der Waals surface area contributed by atoms with Crippen LogP contribution in [0.2, 0.25) is 10.0 Å². The Hall–Kier alpha value is -2.42. The molecule has 1 heterocycles. The van der Waals surface area contributed by atoms with E-state index in [1.165, 1.54) is 18.2 Å². The number of nitrogens with one attached hydrogen (secondary N) is 1. The standard InChI is InChI=1S/C26H23Cl2F3N2O2S/c1-24(2,14-36-3)32-23(34)21-9-8-20(18-6-4-5-7-19(18)21)22-13-25(35-33-22,26(29,30)31)15-10-16(27)12-17(28)11-15/h4-12H,13-14H2,1-3H3,(H,32,34). The highest BCUT2D eigenvalue weighted by molar-refractivity contribution is 7.98. The zero-order valence-electron chi connectivity index (χ0n) is 19.7. The van der Waals surface area contributed by atoms with Crippen LogP contribution in [0.4, 0.5) is 13.2 Å². The Labute approximate surface area is 221 Å². The molecule has 1 aliphatic rings. The lowest BCUT2D eigenvalue weighted by Gasteiger charge is -2.29. The molecule has 3 aromatic carbocycles. The van der Waals surface area contributed by atoms with Crippen molar-refractivity contribution in [2.24, 2.45) is 5.16 Å². The minimum Gasteiger partial charge on any atom is -0.374 e. The first-order valence-corrected chi connectivity index (χ1v) is 13.1. The van der Waals surface area contributed by atoms with Crippen LogP contribution < -0.4 is 5.32 Å². The summed E-state index contributed by atoms with van der Waals surface area (Å²) in [5.74, 6) is 0.454. The van der Waals surface area contributed by atoms with Gasteiger partial charge < -0.3 is 10.2 Å². The minimum atomic E-state index is -4.80. The van der Waals surface area contributed by atoms with E-state index in [0.29, 0.717) is 21.9 Å². The van der Waals surface area contributed by atoms with Crippen LogP contribution in [0.15, 0.2) is 59.8 Å². The van der Waals surface area contributed by atoms with Gasteiger partial charge in [0.05, 0.1) is 5.71 Å². The van der Waals surface area contributed by atoms with Crippen LogP contribution >= 0.6 is 35.0 Å². The molecule has 1 amide bonds. The van der Waals surface area contributed by atoms with Crippen molar-refractivity contribution >= 4 is 57.4 Å². The number of nitrogens with zero attached hydrogens (tertiary/aromatic N) is 1. The summed E-state index contributed by atoms with van der Waals surface area (Å²) in [6.45, 7) is 3.86. The predicted octanol–water partition coefficient (Wildman–Crippen LogP) is 7.60. The third-order valence-electron chi connectivity index (χ3n) is 5.95. The molecule has 190 valence electrons. The molecule has 0 aromatic heterocycles. The second kappa shape index (κ2) is 9.80. The van der Waals surface area contributed by atoms with Gasteiger partial charge in [-0.2, -0.15) is 24.9 Å². The van der Waals surface area contributed by atoms with Crippen LogP contribution in [0.5, 0.6) is 0 Å². The van der Waals surface area contributed by atoms with Crippen molar-refractivity contribution in [2.45, 2.75) is 37.6 Å². The van der Waals surface area contributed by atoms with Gasteiger partial charge in [0, 0.05) is 44.4 Å². The van der Waals surface area contributed by atoms with Crippen LogP contribution in [0, 0.1) is 0 Å². The smallest absolute Gasteiger partial charge is 0.374 e. The van der Waals surface area contributed by atoms with E-state index < -0.39 is 23.7 Å². The summed E-state index contributed by atoms with van der Waals surface area (Å²) < 4.78 is 43.3. The molecule has 0 bridgehead atoms. The van der Waals surface area contributed by atoms with Crippen LogP contribution in [0.3, 0.4) is 0 Å². The highest BCUT2D eigenvalue weighted by atomic mass is 35.5. The number of fused-ring (bicyclic) bond motifs is 1. The number of benzene rings is 3. The molecule has 1 atom stereocenters. The molecule has 0 fully saturated rings. The molecule has 4 nitrogen and oxygen atoms in total. The minimum absolute atomic E-state index is 0.0587. The summed E-state index contributed by atoms with van der Waals surface area (Å²) >= 11 is 13.6. The monoisotopic (exact) mass is 554 g/mol. The first-order valence-electron chi connectivity index (χ1n) is 11.0. The highest BCUT2D eigenvalue weighted by Crippen LogP contribution is 2.50. The Kier molecular flexibility index (Phi) is 7.25. The van der Waals surface area contributed by atoms with Gasteiger partial charge in [-0.15, -0.1) is 0 Å². The van der Waals surface area contributed by atoms with Crippen molar-refractivity contribution < 1.29 is 22.8 Å². The van der Waals surface area contributed by atoms with Crippen molar-refractivity contribution in [2.75, 3.05) is 12.0 Å². The average molecular weight is 555 g/mol. The number of hydrogen-bond donors (Lipinski definition) is 1. The number of thioether (sulfide) groups is 1. The van der Waals surface area contributed by atoms with Gasteiger partial charge in [-0.05, 0) is 55.1 Å². The van der Waals surface area contributed by atoms with Crippen molar-refractivity contribution in [3.63, 3.8) is 0 Å². The molecule has 0 aliphatic carbocycles. The van der Waals surface area contributed by atoms with Gasteiger partial charge in [-0.25, -0.2) is 0 Å². The van der Waals surface area contributed by atoms with Gasteiger partial charge >= 0.3 is 6.18 Å². The number of oxime groups is 1. The van der Waals surface area contributed by atoms with Gasteiger partial charge in [0.1, 0.15) is 0 Å². The Bertz CT molecular complexity index is 1340. The maximum absolute atomic E-state index is 14.4. The number of halogens is 5. The number of carbonyl (C=O) groups is 1. The summed E-state index contributed by atoms with van der Waals surface area (Å²) in [6, 6.07) is 14.0. The van der Waals surface area contributed by atoms with E-state index >= 15 is 0 Å². The molecule has 3 aromatic rings. The van der Waals surface area contributed by atoms with Gasteiger partial charge in [0.2, 0.25) is 0 Å². The highest BCUT2D eigenvalue weighted by Gasteiger charge is 2.62. The zero-order valence-corrected chi connectivity index (χ0v) is 22.0. The number of carbonyl (C=O) groups excluding carboxylic acids is 1. The van der Waals surface area contributed by atoms with Crippen molar-refractivity contribution in [3.8, 4) is 0 Å². The second-order valence-corrected chi connectivity index (χ2v) is 11.0. The third kappa shape index (κ3) is 5.04. The number of amides is 1. The Morgan fingerprint density at radius 3 is 2.33 bits per heavy atom. The van der Waals surface area contributed by atoms with Crippen molar-refractivity contribution in [3.05, 3.63) is 81.3 Å². The average Bonchev–Trinajstić information content (AvgIpc) is 3.24. The van der Waals surface area contributed by atoms with Gasteiger partial charge in [-0.3, -0.25) is 4.79 Å². The SMILES string of the molecule is CSCC(C)(C)NC(=O)c1ccc(C2=NOC(c3cc(Cl)cc(Cl)c3)(C(F)(F)F)C2)c2ccccc12. The van der Waals surface area contributed by atoms with E-state index in [1.807, 2.05) is 20.1 Å². The van der Waals surface area contributed by atoms with Crippen molar-refractivity contribution in [1.82, 2.24) is 5.32 Å². The Morgan fingerprint density at radius 2 is 1.72 bits per heavy atom. The fourth-order valence-corrected chi connectivity index (χ4v) is 5.68. The van der Waals surface area contributed by atoms with Gasteiger partial charge in [0.25, 0.3) is 11.5 Å². The van der Waals surface area contributed by atoms with Crippen LogP contribution in [-0.2, 0) is 10.4 Å². The summed E-state index contributed by atoms with van der Waals surface area (Å²) in [5.41, 5.74) is -2.44. The van der Waals surface area contributed by atoms with E-state index in [0.717, 1.165) is 5.75 Å². The lowest BCUT2D eigenvalue weighted by Crippen LogP contribution is -2.45. The lowest BCUT2D eigenvalue weighted by molar-refractivity contribution is -0.275. The summed E-state index contributed by atoms with van der Waals surface area (Å²) in [6.07, 6.45) is -3.42. The summed E-state index contributed by atoms with van der Waals surface area (Å²) in [5, 5.41) is 8.22. The maximum atomic E-state index is 14.4. The number of alkyl halides is 3. The van der Waals surface area contributed by atoms with Crippen molar-refractivity contribution in [1.29, 1.82) is 0 Å². The fraction of sp³-hybridized carbons (Fsp3) is 0.308. The first kappa shape index (κ1) is 26.6. The topological polar surface area (TPSA) is 50.7 Å². The fourth-order valence-electron chi connectivity index (χ4n) is 4.36. The van der Waals surface area contributed by atoms with E-state index in [1.54, 1.807) is 48.2 Å². The zero-order chi connectivity index (χ0) is 26.3. The first-order chi connectivity index (χ1) is 16.9. The number of rotatable bonds is 6. The van der Waals surface area contributed by atoms with Gasteiger partial charge in [0.15, 0.2) is 0 Å². The molecular formula is C26H23Cl2F3N2O2S. The third-order valence-corrected chi connectivity index (χ3v) is 7.40. The molecule has 1 unspecified atom stereocenters. The quantitative estimate of drug-likeness (QED) is 0.341. The molecule has 0 saturated carbocycles. The van der Waals surface area contributed by atoms with E-state index in [4.69, 9.17) is 28.0 Å². The molecule has 0 spiro atoms. The predicted molar refractivity (Wildman–Crippen MR) is 140 cm³/mol. The molecule has 36 heavy (non-hydrogen) atoms. The maximum Gasteiger partial charge on any atom is 0.435 e. The largest absolute Gasteiger partial charge is 0.435 e. The molecule has 0 radical (unpaired) electrons. The van der Waals surface area contributed by atoms with Gasteiger partial charge in [-0.1, -0.05) is 58.7 Å². The van der Waals surface area contributed by atoms with Crippen LogP contribution in [-0.4, -0.2) is 35.3 Å². The Balaban J connectivity index is 1.75. The molecule has 4 rings (SSSR count). The van der Waals surface area contributed by atoms with Crippen LogP contribution in [0.25, 0.3) is 10.8 Å². The van der Waals surface area contributed by atoms with E-state index in [2.05, 4.69) is 10.5 Å². The van der Waals surface area contributed by atoms with E-state index in [-0.39, 0.29) is 27.2 Å². The summed E-state index contributed by atoms with van der Waals surface area (Å²) in [7, 11) is 0. The molecule has 1 N–H and O–H groups in total. The Morgan fingerprint density at radius 1 is 1.08 bits per heavy atom. The summed E-state index contributed by atoms with van der Waals surface area (Å²) in [4.78, 5) is 18.3.